The van der Waals surface area contributed by atoms with Crippen LogP contribution in [-0.2, 0) is 0 Å². The molecular weight excluding hydrogens is 205 g/mol. The highest BCUT2D eigenvalue weighted by molar-refractivity contribution is 5.94. The molecule has 2 nitrogen and oxygen atoms in total. The van der Waals surface area contributed by atoms with E-state index in [4.69, 9.17) is 0 Å². The van der Waals surface area contributed by atoms with Gasteiger partial charge in [0.1, 0.15) is 5.82 Å². The van der Waals surface area contributed by atoms with Crippen molar-refractivity contribution >= 4 is 5.91 Å². The molecule has 0 saturated carbocycles. The van der Waals surface area contributed by atoms with Gasteiger partial charge >= 0.3 is 0 Å². The number of nitrogens with one attached hydrogen (secondary N) is 1. The molecule has 1 aromatic carbocycles. The molecule has 16 heavy (non-hydrogen) atoms. The number of hydrogen-bond acceptors (Lipinski definition) is 1. The van der Waals surface area contributed by atoms with Crippen molar-refractivity contribution in [3.05, 3.63) is 35.6 Å². The first-order chi connectivity index (χ1) is 7.63. The number of amides is 1. The first-order valence-electron chi connectivity index (χ1n) is 5.70. The first-order valence-corrected chi connectivity index (χ1v) is 5.70. The molecule has 0 heterocycles. The van der Waals surface area contributed by atoms with Crippen molar-refractivity contribution in [2.45, 2.75) is 40.2 Å². The Morgan fingerprint density at radius 1 is 1.31 bits per heavy atom. The van der Waals surface area contributed by atoms with E-state index >= 15 is 0 Å². The van der Waals surface area contributed by atoms with Gasteiger partial charge in [0.15, 0.2) is 0 Å². The highest BCUT2D eigenvalue weighted by atomic mass is 19.1. The summed E-state index contributed by atoms with van der Waals surface area (Å²) in [4.78, 5) is 11.5. The molecular formula is C13H20FNO. The van der Waals surface area contributed by atoms with Crippen LogP contribution in [0.15, 0.2) is 24.3 Å². The molecule has 1 aromatic rings. The van der Waals surface area contributed by atoms with Gasteiger partial charge in [0.25, 0.3) is 5.91 Å². The zero-order valence-electron chi connectivity index (χ0n) is 10.4. The highest BCUT2D eigenvalue weighted by Gasteiger charge is 2.07. The molecule has 0 aliphatic carbocycles. The Hall–Kier alpha value is -1.38. The number of hydrogen-bond donors (Lipinski definition) is 1. The van der Waals surface area contributed by atoms with E-state index in [1.54, 1.807) is 0 Å². The second-order valence-electron chi connectivity index (χ2n) is 3.29. The second kappa shape index (κ2) is 7.85. The predicted molar refractivity (Wildman–Crippen MR) is 65.0 cm³/mol. The van der Waals surface area contributed by atoms with E-state index in [-0.39, 0.29) is 17.8 Å². The molecule has 3 heteroatoms. The van der Waals surface area contributed by atoms with Crippen LogP contribution in [0.25, 0.3) is 0 Å². The second-order valence-corrected chi connectivity index (χ2v) is 3.29. The molecule has 0 aromatic heterocycles. The summed E-state index contributed by atoms with van der Waals surface area (Å²) in [5, 5.41) is 2.80. The van der Waals surface area contributed by atoms with Crippen LogP contribution < -0.4 is 5.32 Å². The molecule has 0 spiro atoms. The van der Waals surface area contributed by atoms with Gasteiger partial charge in [0.2, 0.25) is 0 Å². The SMILES string of the molecule is CC.CCC(C)NC(=O)c1ccc(F)cc1. The summed E-state index contributed by atoms with van der Waals surface area (Å²) >= 11 is 0. The molecule has 1 rings (SSSR count). The minimum absolute atomic E-state index is 0.146. The quantitative estimate of drug-likeness (QED) is 0.839. The lowest BCUT2D eigenvalue weighted by Gasteiger charge is -2.10. The monoisotopic (exact) mass is 225 g/mol. The molecule has 1 atom stereocenters. The Morgan fingerprint density at radius 2 is 1.81 bits per heavy atom. The summed E-state index contributed by atoms with van der Waals surface area (Å²) in [6.07, 6.45) is 0.882. The third kappa shape index (κ3) is 4.91. The van der Waals surface area contributed by atoms with Crippen LogP contribution in [-0.4, -0.2) is 11.9 Å². The minimum atomic E-state index is -0.329. The summed E-state index contributed by atoms with van der Waals surface area (Å²) in [7, 11) is 0. The maximum Gasteiger partial charge on any atom is 0.251 e. The molecule has 0 radical (unpaired) electrons. The Bertz CT molecular complexity index is 308. The van der Waals surface area contributed by atoms with E-state index in [1.807, 2.05) is 27.7 Å². The Labute approximate surface area is 96.9 Å². The van der Waals surface area contributed by atoms with Crippen LogP contribution >= 0.6 is 0 Å². The molecule has 1 amide bonds. The summed E-state index contributed by atoms with van der Waals surface area (Å²) < 4.78 is 12.5. The van der Waals surface area contributed by atoms with E-state index in [0.717, 1.165) is 6.42 Å². The molecule has 1 N–H and O–H groups in total. The van der Waals surface area contributed by atoms with Crippen LogP contribution in [0, 0.1) is 5.82 Å². The van der Waals surface area contributed by atoms with Gasteiger partial charge in [0.05, 0.1) is 0 Å². The molecule has 0 saturated heterocycles. The van der Waals surface area contributed by atoms with Gasteiger partial charge in [-0.05, 0) is 37.6 Å². The fraction of sp³-hybridized carbons (Fsp3) is 0.462. The summed E-state index contributed by atoms with van der Waals surface area (Å²) in [5.74, 6) is -0.482. The smallest absolute Gasteiger partial charge is 0.251 e. The van der Waals surface area contributed by atoms with Crippen molar-refractivity contribution in [1.29, 1.82) is 0 Å². The van der Waals surface area contributed by atoms with Crippen LogP contribution in [0.3, 0.4) is 0 Å². The maximum absolute atomic E-state index is 12.5. The van der Waals surface area contributed by atoms with Gasteiger partial charge in [-0.3, -0.25) is 4.79 Å². The fourth-order valence-electron chi connectivity index (χ4n) is 1.01. The number of benzene rings is 1. The van der Waals surface area contributed by atoms with Crippen molar-refractivity contribution in [2.75, 3.05) is 0 Å². The molecule has 0 bridgehead atoms. The van der Waals surface area contributed by atoms with Gasteiger partial charge in [0, 0.05) is 11.6 Å². The Balaban J connectivity index is 0.00000106. The average Bonchev–Trinajstić information content (AvgIpc) is 2.32. The zero-order valence-corrected chi connectivity index (χ0v) is 10.4. The van der Waals surface area contributed by atoms with Gasteiger partial charge in [-0.25, -0.2) is 4.39 Å². The fourth-order valence-corrected chi connectivity index (χ4v) is 1.01. The van der Waals surface area contributed by atoms with E-state index in [2.05, 4.69) is 5.32 Å². The summed E-state index contributed by atoms with van der Waals surface area (Å²) in [6, 6.07) is 5.67. The van der Waals surface area contributed by atoms with Gasteiger partial charge in [-0.15, -0.1) is 0 Å². The van der Waals surface area contributed by atoms with Gasteiger partial charge < -0.3 is 5.32 Å². The number of carbonyl (C=O) groups excluding carboxylic acids is 1. The molecule has 1 unspecified atom stereocenters. The molecule has 90 valence electrons. The van der Waals surface area contributed by atoms with Crippen LogP contribution in [0.1, 0.15) is 44.5 Å². The summed E-state index contributed by atoms with van der Waals surface area (Å²) in [6.45, 7) is 7.93. The average molecular weight is 225 g/mol. The predicted octanol–water partition coefficient (Wildman–Crippen LogP) is 3.38. The van der Waals surface area contributed by atoms with Crippen molar-refractivity contribution in [1.82, 2.24) is 5.32 Å². The molecule has 0 aliphatic rings. The Kier molecular flexibility index (Phi) is 7.18. The van der Waals surface area contributed by atoms with Crippen molar-refractivity contribution < 1.29 is 9.18 Å². The highest BCUT2D eigenvalue weighted by Crippen LogP contribution is 2.03. The third-order valence-corrected chi connectivity index (χ3v) is 2.10. The topological polar surface area (TPSA) is 29.1 Å². The van der Waals surface area contributed by atoms with E-state index in [0.29, 0.717) is 5.56 Å². The maximum atomic E-state index is 12.5. The zero-order chi connectivity index (χ0) is 12.6. The van der Waals surface area contributed by atoms with Crippen molar-refractivity contribution in [2.24, 2.45) is 0 Å². The Morgan fingerprint density at radius 3 is 2.25 bits per heavy atom. The number of carbonyl (C=O) groups is 1. The normalized spacial score (nSPS) is 11.1. The lowest BCUT2D eigenvalue weighted by Crippen LogP contribution is -2.31. The standard InChI is InChI=1S/C11H14FNO.C2H6/c1-3-8(2)13-11(14)9-4-6-10(12)7-5-9;1-2/h4-8H,3H2,1-2H3,(H,13,14);1-2H3. The number of rotatable bonds is 3. The molecule has 0 aliphatic heterocycles. The lowest BCUT2D eigenvalue weighted by molar-refractivity contribution is 0.0939. The third-order valence-electron chi connectivity index (χ3n) is 2.10. The van der Waals surface area contributed by atoms with Crippen LogP contribution in [0.5, 0.6) is 0 Å². The van der Waals surface area contributed by atoms with Crippen LogP contribution in [0.2, 0.25) is 0 Å². The lowest BCUT2D eigenvalue weighted by atomic mass is 10.2. The number of halogens is 1. The van der Waals surface area contributed by atoms with E-state index in [9.17, 15) is 9.18 Å². The van der Waals surface area contributed by atoms with E-state index < -0.39 is 0 Å². The van der Waals surface area contributed by atoms with E-state index in [1.165, 1.54) is 24.3 Å². The minimum Gasteiger partial charge on any atom is -0.350 e. The molecule has 0 fully saturated rings. The van der Waals surface area contributed by atoms with Crippen molar-refractivity contribution in [3.63, 3.8) is 0 Å². The largest absolute Gasteiger partial charge is 0.350 e. The van der Waals surface area contributed by atoms with Gasteiger partial charge in [-0.1, -0.05) is 20.8 Å². The first kappa shape index (κ1) is 14.6. The van der Waals surface area contributed by atoms with Crippen LogP contribution in [0.4, 0.5) is 4.39 Å². The summed E-state index contributed by atoms with van der Waals surface area (Å²) in [5.41, 5.74) is 0.492. The van der Waals surface area contributed by atoms with Gasteiger partial charge in [-0.2, -0.15) is 0 Å². The van der Waals surface area contributed by atoms with Crippen molar-refractivity contribution in [3.8, 4) is 0 Å².